The zero-order chi connectivity index (χ0) is 11.9. The molecule has 0 N–H and O–H groups in total. The van der Waals surface area contributed by atoms with Crippen LogP contribution in [0.4, 0.5) is 0 Å². The summed E-state index contributed by atoms with van der Waals surface area (Å²) in [6.45, 7) is 4.59. The summed E-state index contributed by atoms with van der Waals surface area (Å²) in [5.74, 6) is 5.51. The molecule has 0 unspecified atom stereocenters. The van der Waals surface area contributed by atoms with Gasteiger partial charge in [-0.1, -0.05) is 38.2 Å². The lowest BCUT2D eigenvalue weighted by molar-refractivity contribution is 0.447. The van der Waals surface area contributed by atoms with Gasteiger partial charge in [-0.25, -0.2) is 0 Å². The predicted molar refractivity (Wildman–Crippen MR) is 70.8 cm³/mol. The van der Waals surface area contributed by atoms with Crippen LogP contribution in [0.3, 0.4) is 0 Å². The maximum atomic E-state index is 2.30. The zero-order valence-corrected chi connectivity index (χ0v) is 10.3. The second-order valence-electron chi connectivity index (χ2n) is 5.13. The molecule has 2 saturated carbocycles. The Bertz CT molecular complexity index is 328. The summed E-state index contributed by atoms with van der Waals surface area (Å²) in [7, 11) is 0. The average molecular weight is 220 g/mol. The van der Waals surface area contributed by atoms with Gasteiger partial charge in [0.2, 0.25) is 0 Å². The summed E-state index contributed by atoms with van der Waals surface area (Å²) in [4.78, 5) is 0. The Morgan fingerprint density at radius 2 is 1.53 bits per heavy atom. The van der Waals surface area contributed by atoms with Crippen LogP contribution in [0.25, 0.3) is 0 Å². The van der Waals surface area contributed by atoms with Gasteiger partial charge in [0.15, 0.2) is 0 Å². The molecule has 0 nitrogen and oxygen atoms in total. The van der Waals surface area contributed by atoms with Gasteiger partial charge in [0.25, 0.3) is 0 Å². The van der Waals surface area contributed by atoms with Crippen molar-refractivity contribution in [1.82, 2.24) is 0 Å². The van der Waals surface area contributed by atoms with Crippen molar-refractivity contribution in [3.8, 4) is 0 Å². The molecule has 0 atom stereocenters. The molecule has 2 fully saturated rings. The van der Waals surface area contributed by atoms with E-state index in [2.05, 4.69) is 76.7 Å². The van der Waals surface area contributed by atoms with E-state index >= 15 is 0 Å². The lowest BCUT2D eigenvalue weighted by Gasteiger charge is -2.39. The Kier molecular flexibility index (Phi) is 2.92. The summed E-state index contributed by atoms with van der Waals surface area (Å²) in [6.07, 6.45) is 21.7. The van der Waals surface area contributed by atoms with Crippen molar-refractivity contribution in [1.29, 1.82) is 0 Å². The molecule has 0 bridgehead atoms. The first-order valence-corrected chi connectivity index (χ1v) is 6.07. The van der Waals surface area contributed by atoms with Gasteiger partial charge in [-0.2, -0.15) is 0 Å². The molecule has 0 aromatic rings. The highest BCUT2D eigenvalue weighted by molar-refractivity contribution is 5.65. The molecule has 0 amide bonds. The summed E-state index contributed by atoms with van der Waals surface area (Å²) in [5, 5.41) is 0. The zero-order valence-electron chi connectivity index (χ0n) is 10.3. The minimum Gasteiger partial charge on any atom is -0.0762 e. The van der Waals surface area contributed by atoms with Crippen LogP contribution in [0.1, 0.15) is 13.8 Å². The standard InChI is InChI=1S/C17H16/c1-17(2,14-8-4-5-9-14)16-12-11-13-7-3-6-10-15(13)16/h3-12H,1-2H3. The third kappa shape index (κ3) is 1.90. The van der Waals surface area contributed by atoms with Crippen LogP contribution in [-0.2, 0) is 0 Å². The fourth-order valence-corrected chi connectivity index (χ4v) is 2.64. The summed E-state index contributed by atoms with van der Waals surface area (Å²) < 4.78 is 0. The van der Waals surface area contributed by atoms with Crippen molar-refractivity contribution >= 4 is 0 Å². The van der Waals surface area contributed by atoms with Crippen LogP contribution in [0, 0.1) is 67.6 Å². The highest BCUT2D eigenvalue weighted by Crippen LogP contribution is 2.57. The minimum absolute atomic E-state index is 0.0760. The van der Waals surface area contributed by atoms with E-state index in [1.54, 1.807) is 0 Å². The minimum atomic E-state index is 0.0760. The first kappa shape index (κ1) is 11.6. The Hall–Kier alpha value is -0.520. The molecule has 17 heavy (non-hydrogen) atoms. The predicted octanol–water partition coefficient (Wildman–Crippen LogP) is 3.69. The van der Waals surface area contributed by atoms with Crippen molar-refractivity contribution in [2.24, 2.45) is 5.41 Å². The van der Waals surface area contributed by atoms with E-state index in [1.165, 1.54) is 23.7 Å². The lowest BCUT2D eigenvalue weighted by Crippen LogP contribution is -2.31. The number of fused-ring (bicyclic) bond motifs is 1. The van der Waals surface area contributed by atoms with E-state index in [0.717, 1.165) is 0 Å². The van der Waals surface area contributed by atoms with E-state index in [4.69, 9.17) is 0 Å². The fraction of sp³-hybridized carbons (Fsp3) is 0.176. The topological polar surface area (TPSA) is 0 Å². The molecule has 0 heterocycles. The highest BCUT2D eigenvalue weighted by atomic mass is 14.5. The first-order valence-electron chi connectivity index (χ1n) is 6.07. The Morgan fingerprint density at radius 3 is 2.29 bits per heavy atom. The second-order valence-corrected chi connectivity index (χ2v) is 5.13. The molecule has 0 saturated heterocycles. The molecule has 3 aliphatic rings. The second kappa shape index (κ2) is 4.30. The highest BCUT2D eigenvalue weighted by Gasteiger charge is 2.48. The van der Waals surface area contributed by atoms with Gasteiger partial charge in [0.05, 0.1) is 0 Å². The van der Waals surface area contributed by atoms with Crippen LogP contribution in [-0.4, -0.2) is 0 Å². The van der Waals surface area contributed by atoms with E-state index in [-0.39, 0.29) is 5.41 Å². The fourth-order valence-electron chi connectivity index (χ4n) is 2.64. The molecule has 0 spiro atoms. The number of hydrogen-bond acceptors (Lipinski definition) is 0. The lowest BCUT2D eigenvalue weighted by atomic mass is 9.64. The molecule has 0 heteroatoms. The van der Waals surface area contributed by atoms with Crippen molar-refractivity contribution in [3.63, 3.8) is 0 Å². The van der Waals surface area contributed by atoms with Crippen molar-refractivity contribution in [3.05, 3.63) is 86.5 Å². The third-order valence-electron chi connectivity index (χ3n) is 3.74. The van der Waals surface area contributed by atoms with Gasteiger partial charge in [0, 0.05) is 11.8 Å². The van der Waals surface area contributed by atoms with Crippen molar-refractivity contribution < 1.29 is 0 Å². The maximum absolute atomic E-state index is 2.30. The Labute approximate surface area is 106 Å². The van der Waals surface area contributed by atoms with Crippen LogP contribution >= 0.6 is 0 Å². The number of hydrogen-bond donors (Lipinski definition) is 0. The van der Waals surface area contributed by atoms with E-state index in [1.807, 2.05) is 0 Å². The van der Waals surface area contributed by atoms with Crippen molar-refractivity contribution in [2.45, 2.75) is 13.8 Å². The molecular formula is C17H16. The quantitative estimate of drug-likeness (QED) is 0.666. The van der Waals surface area contributed by atoms with Gasteiger partial charge < -0.3 is 0 Å². The molecule has 3 rings (SSSR count). The summed E-state index contributed by atoms with van der Waals surface area (Å²) in [5.41, 5.74) is 0.0760. The van der Waals surface area contributed by atoms with Crippen LogP contribution < -0.4 is 0 Å². The van der Waals surface area contributed by atoms with Gasteiger partial charge >= 0.3 is 0 Å². The molecule has 84 valence electrons. The summed E-state index contributed by atoms with van der Waals surface area (Å²) >= 11 is 0. The van der Waals surface area contributed by atoms with E-state index < -0.39 is 0 Å². The first-order chi connectivity index (χ1) is 8.19. The largest absolute Gasteiger partial charge is 0.0762 e. The smallest absolute Gasteiger partial charge is 0.0164 e. The molecule has 0 aromatic heterocycles. The van der Waals surface area contributed by atoms with Gasteiger partial charge in [0.1, 0.15) is 0 Å². The molecular weight excluding hydrogens is 204 g/mol. The number of rotatable bonds is 2. The Morgan fingerprint density at radius 1 is 0.824 bits per heavy atom. The van der Waals surface area contributed by atoms with Crippen LogP contribution in [0.2, 0.25) is 0 Å². The van der Waals surface area contributed by atoms with E-state index in [9.17, 15) is 0 Å². The maximum Gasteiger partial charge on any atom is 0.0164 e. The summed E-state index contributed by atoms with van der Waals surface area (Å²) in [6, 6.07) is 0. The molecule has 0 aliphatic heterocycles. The Balaban J connectivity index is 1.79. The van der Waals surface area contributed by atoms with Crippen LogP contribution in [0.5, 0.6) is 0 Å². The monoisotopic (exact) mass is 220 g/mol. The number of allylic oxidation sites excluding steroid dienone is 4. The van der Waals surface area contributed by atoms with Crippen LogP contribution in [0.15, 0.2) is 24.3 Å². The normalized spacial score (nSPS) is 28.1. The molecule has 10 radical (unpaired) electrons. The molecule has 3 aliphatic carbocycles. The van der Waals surface area contributed by atoms with Gasteiger partial charge in [-0.3, -0.25) is 0 Å². The van der Waals surface area contributed by atoms with Gasteiger partial charge in [-0.15, -0.1) is 0 Å². The molecule has 0 aromatic carbocycles. The third-order valence-corrected chi connectivity index (χ3v) is 3.74. The van der Waals surface area contributed by atoms with Gasteiger partial charge in [-0.05, 0) is 55.8 Å². The van der Waals surface area contributed by atoms with E-state index in [0.29, 0.717) is 0 Å². The average Bonchev–Trinajstić information content (AvgIpc) is 2.99. The SMILES string of the molecule is CC(C)([C]1[CH][CH][CH][CH]1)[C]1[CH][CH][C]2C=CC=C[C]21. The van der Waals surface area contributed by atoms with Crippen molar-refractivity contribution in [2.75, 3.05) is 0 Å².